The Morgan fingerprint density at radius 1 is 1.22 bits per heavy atom. The molecule has 0 radical (unpaired) electrons. The molecule has 0 saturated heterocycles. The normalized spacial score (nSPS) is 28.1. The third-order valence-corrected chi connectivity index (χ3v) is 5.83. The van der Waals surface area contributed by atoms with Crippen molar-refractivity contribution in [3.05, 3.63) is 0 Å². The van der Waals surface area contributed by atoms with Crippen LogP contribution in [-0.2, 0) is 4.79 Å². The smallest absolute Gasteiger partial charge is 0.224 e. The third-order valence-electron chi connectivity index (χ3n) is 5.83. The van der Waals surface area contributed by atoms with E-state index in [1.54, 1.807) is 0 Å². The van der Waals surface area contributed by atoms with E-state index in [2.05, 4.69) is 33.0 Å². The summed E-state index contributed by atoms with van der Waals surface area (Å²) in [4.78, 5) is 12.4. The van der Waals surface area contributed by atoms with Crippen molar-refractivity contribution < 1.29 is 4.79 Å². The van der Waals surface area contributed by atoms with Gasteiger partial charge in [-0.15, -0.1) is 0 Å². The molecule has 2 rings (SSSR count). The highest BCUT2D eigenvalue weighted by molar-refractivity contribution is 5.84. The molecule has 0 heterocycles. The third kappa shape index (κ3) is 2.07. The lowest BCUT2D eigenvalue weighted by molar-refractivity contribution is -0.124. The average Bonchev–Trinajstić information content (AvgIpc) is 2.70. The molecular formula is C15H28N2O. The average molecular weight is 252 g/mol. The largest absolute Gasteiger partial charge is 0.352 e. The van der Waals surface area contributed by atoms with Gasteiger partial charge in [0, 0.05) is 18.5 Å². The summed E-state index contributed by atoms with van der Waals surface area (Å²) in [6.07, 6.45) is 5.02. The molecule has 1 atom stereocenters. The Morgan fingerprint density at radius 2 is 1.72 bits per heavy atom. The monoisotopic (exact) mass is 252 g/mol. The quantitative estimate of drug-likeness (QED) is 0.806. The highest BCUT2D eigenvalue weighted by Gasteiger charge is 2.68. The maximum absolute atomic E-state index is 12.4. The van der Waals surface area contributed by atoms with E-state index in [0.29, 0.717) is 12.5 Å². The summed E-state index contributed by atoms with van der Waals surface area (Å²) in [5.41, 5.74) is 6.08. The summed E-state index contributed by atoms with van der Waals surface area (Å²) in [5, 5.41) is 3.22. The van der Waals surface area contributed by atoms with E-state index in [1.807, 2.05) is 0 Å². The molecule has 2 fully saturated rings. The van der Waals surface area contributed by atoms with Gasteiger partial charge in [-0.1, -0.05) is 40.5 Å². The summed E-state index contributed by atoms with van der Waals surface area (Å²) in [6.45, 7) is 9.31. The minimum atomic E-state index is 0.117. The number of carbonyl (C=O) groups is 1. The van der Waals surface area contributed by atoms with Crippen LogP contribution in [0.15, 0.2) is 0 Å². The van der Waals surface area contributed by atoms with E-state index in [9.17, 15) is 4.79 Å². The molecular weight excluding hydrogens is 224 g/mol. The lowest BCUT2D eigenvalue weighted by Crippen LogP contribution is -2.45. The van der Waals surface area contributed by atoms with E-state index in [0.717, 1.165) is 0 Å². The Balaban J connectivity index is 1.95. The molecule has 1 unspecified atom stereocenters. The molecule has 3 N–H and O–H groups in total. The zero-order chi connectivity index (χ0) is 13.6. The number of amides is 1. The Kier molecular flexibility index (Phi) is 3.48. The first-order valence-electron chi connectivity index (χ1n) is 7.33. The van der Waals surface area contributed by atoms with Crippen molar-refractivity contribution in [1.82, 2.24) is 5.32 Å². The summed E-state index contributed by atoms with van der Waals surface area (Å²) in [7, 11) is 0. The van der Waals surface area contributed by atoms with E-state index >= 15 is 0 Å². The number of hydrogen-bond donors (Lipinski definition) is 2. The predicted octanol–water partition coefficient (Wildman–Crippen LogP) is 2.30. The maximum atomic E-state index is 12.4. The highest BCUT2D eigenvalue weighted by Crippen LogP contribution is 2.68. The van der Waals surface area contributed by atoms with Crippen molar-refractivity contribution in [3.8, 4) is 0 Å². The topological polar surface area (TPSA) is 55.1 Å². The van der Waals surface area contributed by atoms with Gasteiger partial charge in [0.05, 0.1) is 0 Å². The zero-order valence-electron chi connectivity index (χ0n) is 12.3. The van der Waals surface area contributed by atoms with Crippen molar-refractivity contribution in [2.45, 2.75) is 59.4 Å². The highest BCUT2D eigenvalue weighted by atomic mass is 16.2. The van der Waals surface area contributed by atoms with Gasteiger partial charge < -0.3 is 11.1 Å². The van der Waals surface area contributed by atoms with Crippen molar-refractivity contribution in [3.63, 3.8) is 0 Å². The molecule has 0 aliphatic heterocycles. The van der Waals surface area contributed by atoms with Crippen LogP contribution in [0.4, 0.5) is 0 Å². The molecule has 0 aromatic carbocycles. The molecule has 3 nitrogen and oxygen atoms in total. The first-order chi connectivity index (χ1) is 8.32. The SMILES string of the molecule is CC1(C)C(C(=O)NC(CN)C2CCCC2)C1(C)C. The number of carbonyl (C=O) groups excluding carboxylic acids is 1. The van der Waals surface area contributed by atoms with Crippen LogP contribution < -0.4 is 11.1 Å². The van der Waals surface area contributed by atoms with Crippen LogP contribution in [-0.4, -0.2) is 18.5 Å². The van der Waals surface area contributed by atoms with Crippen molar-refractivity contribution in [2.24, 2.45) is 28.4 Å². The summed E-state index contributed by atoms with van der Waals surface area (Å²) >= 11 is 0. The molecule has 0 aromatic rings. The Bertz CT molecular complexity index is 315. The number of nitrogens with one attached hydrogen (secondary N) is 1. The van der Waals surface area contributed by atoms with Crippen molar-refractivity contribution >= 4 is 5.91 Å². The predicted molar refractivity (Wildman–Crippen MR) is 74.0 cm³/mol. The van der Waals surface area contributed by atoms with E-state index in [4.69, 9.17) is 5.73 Å². The van der Waals surface area contributed by atoms with Crippen molar-refractivity contribution in [1.29, 1.82) is 0 Å². The summed E-state index contributed by atoms with van der Waals surface area (Å²) in [5.74, 6) is 0.955. The van der Waals surface area contributed by atoms with Crippen LogP contribution in [0.25, 0.3) is 0 Å². The van der Waals surface area contributed by atoms with Gasteiger partial charge in [-0.3, -0.25) is 4.79 Å². The molecule has 104 valence electrons. The minimum absolute atomic E-state index is 0.117. The van der Waals surface area contributed by atoms with Gasteiger partial charge in [-0.2, -0.15) is 0 Å². The van der Waals surface area contributed by atoms with Crippen LogP contribution in [0.3, 0.4) is 0 Å². The van der Waals surface area contributed by atoms with Gasteiger partial charge in [-0.25, -0.2) is 0 Å². The number of nitrogens with two attached hydrogens (primary N) is 1. The Labute approximate surface area is 111 Å². The van der Waals surface area contributed by atoms with E-state index in [1.165, 1.54) is 25.7 Å². The lowest BCUT2D eigenvalue weighted by Gasteiger charge is -2.23. The van der Waals surface area contributed by atoms with Crippen molar-refractivity contribution in [2.75, 3.05) is 6.54 Å². The summed E-state index contributed by atoms with van der Waals surface area (Å²) < 4.78 is 0. The second-order valence-corrected chi connectivity index (χ2v) is 7.27. The maximum Gasteiger partial charge on any atom is 0.224 e. The Hall–Kier alpha value is -0.570. The van der Waals surface area contributed by atoms with Crippen LogP contribution in [0.2, 0.25) is 0 Å². The van der Waals surface area contributed by atoms with Gasteiger partial charge in [0.2, 0.25) is 5.91 Å². The first kappa shape index (κ1) is 13.9. The van der Waals surface area contributed by atoms with E-state index in [-0.39, 0.29) is 28.7 Å². The number of rotatable bonds is 4. The minimum Gasteiger partial charge on any atom is -0.352 e. The van der Waals surface area contributed by atoms with Crippen LogP contribution in [0.5, 0.6) is 0 Å². The van der Waals surface area contributed by atoms with Gasteiger partial charge in [0.1, 0.15) is 0 Å². The fraction of sp³-hybridized carbons (Fsp3) is 0.933. The second-order valence-electron chi connectivity index (χ2n) is 7.27. The molecule has 0 aromatic heterocycles. The van der Waals surface area contributed by atoms with Crippen LogP contribution in [0, 0.1) is 22.7 Å². The lowest BCUT2D eigenvalue weighted by atomic mass is 9.97. The summed E-state index contributed by atoms with van der Waals surface area (Å²) in [6, 6.07) is 0.187. The van der Waals surface area contributed by atoms with Crippen LogP contribution >= 0.6 is 0 Å². The molecule has 0 spiro atoms. The molecule has 2 aliphatic rings. The number of hydrogen-bond acceptors (Lipinski definition) is 2. The molecule has 0 bridgehead atoms. The Morgan fingerprint density at radius 3 is 2.11 bits per heavy atom. The fourth-order valence-corrected chi connectivity index (χ4v) is 3.85. The molecule has 18 heavy (non-hydrogen) atoms. The fourth-order valence-electron chi connectivity index (χ4n) is 3.85. The van der Waals surface area contributed by atoms with E-state index < -0.39 is 0 Å². The molecule has 3 heteroatoms. The molecule has 1 amide bonds. The molecule has 2 saturated carbocycles. The van der Waals surface area contributed by atoms with Crippen LogP contribution in [0.1, 0.15) is 53.4 Å². The van der Waals surface area contributed by atoms with Gasteiger partial charge in [0.25, 0.3) is 0 Å². The molecule has 2 aliphatic carbocycles. The van der Waals surface area contributed by atoms with Gasteiger partial charge in [0.15, 0.2) is 0 Å². The standard InChI is InChI=1S/C15H28N2O/c1-14(2)12(15(14,3)4)13(18)17-11(9-16)10-7-5-6-8-10/h10-12H,5-9,16H2,1-4H3,(H,17,18). The first-order valence-corrected chi connectivity index (χ1v) is 7.33. The van der Waals surface area contributed by atoms with Gasteiger partial charge in [-0.05, 0) is 29.6 Å². The van der Waals surface area contributed by atoms with Gasteiger partial charge >= 0.3 is 0 Å². The second kappa shape index (κ2) is 4.52. The zero-order valence-corrected chi connectivity index (χ0v) is 12.3.